The van der Waals surface area contributed by atoms with Crippen molar-refractivity contribution >= 4 is 11.7 Å². The molecule has 0 spiro atoms. The van der Waals surface area contributed by atoms with Crippen molar-refractivity contribution in [1.82, 2.24) is 30.0 Å². The Morgan fingerprint density at radius 3 is 2.60 bits per heavy atom. The van der Waals surface area contributed by atoms with Crippen molar-refractivity contribution in [1.29, 1.82) is 5.26 Å². The second-order valence-electron chi connectivity index (χ2n) is 5.09. The van der Waals surface area contributed by atoms with Gasteiger partial charge in [0, 0.05) is 18.1 Å². The van der Waals surface area contributed by atoms with Gasteiger partial charge in [0.25, 0.3) is 5.95 Å². The summed E-state index contributed by atoms with van der Waals surface area (Å²) in [5.74, 6) is 0.873. The van der Waals surface area contributed by atoms with E-state index in [4.69, 9.17) is 5.26 Å². The van der Waals surface area contributed by atoms with Crippen LogP contribution in [0.2, 0.25) is 0 Å². The standard InChI is InChI=1S/C16H14N8O/c1-11(14-20-10-21-24(14)15-18-7-2-8-19-15)22-16(25)23-13-5-3-12(9-17)4-6-13/h2-8,10-11H,1H3,(H2,22,23,25). The Balaban J connectivity index is 1.68. The Hall–Kier alpha value is -3.80. The third-order valence-electron chi connectivity index (χ3n) is 3.32. The number of nitrogens with zero attached hydrogens (tertiary/aromatic N) is 6. The van der Waals surface area contributed by atoms with Gasteiger partial charge in [-0.25, -0.2) is 19.7 Å². The molecule has 0 saturated heterocycles. The van der Waals surface area contributed by atoms with Crippen LogP contribution in [-0.2, 0) is 0 Å². The fourth-order valence-electron chi connectivity index (χ4n) is 2.16. The molecule has 3 rings (SSSR count). The monoisotopic (exact) mass is 334 g/mol. The summed E-state index contributed by atoms with van der Waals surface area (Å²) in [6.45, 7) is 1.78. The summed E-state index contributed by atoms with van der Waals surface area (Å²) in [6.07, 6.45) is 4.58. The van der Waals surface area contributed by atoms with Crippen LogP contribution in [0.3, 0.4) is 0 Å². The molecule has 2 heterocycles. The van der Waals surface area contributed by atoms with E-state index in [0.717, 1.165) is 0 Å². The smallest absolute Gasteiger partial charge is 0.319 e. The van der Waals surface area contributed by atoms with Crippen molar-refractivity contribution in [2.24, 2.45) is 0 Å². The van der Waals surface area contributed by atoms with E-state index in [9.17, 15) is 4.79 Å². The lowest BCUT2D eigenvalue weighted by Crippen LogP contribution is -2.32. The lowest BCUT2D eigenvalue weighted by Gasteiger charge is -2.14. The summed E-state index contributed by atoms with van der Waals surface area (Å²) in [5.41, 5.74) is 1.10. The van der Waals surface area contributed by atoms with E-state index in [1.165, 1.54) is 11.0 Å². The molecule has 0 fully saturated rings. The predicted molar refractivity (Wildman–Crippen MR) is 88.7 cm³/mol. The van der Waals surface area contributed by atoms with Crippen molar-refractivity contribution in [2.75, 3.05) is 5.32 Å². The molecule has 124 valence electrons. The van der Waals surface area contributed by atoms with Crippen LogP contribution in [0, 0.1) is 11.3 Å². The maximum Gasteiger partial charge on any atom is 0.319 e. The van der Waals surface area contributed by atoms with E-state index in [0.29, 0.717) is 23.0 Å². The lowest BCUT2D eigenvalue weighted by molar-refractivity contribution is 0.248. The number of aromatic nitrogens is 5. The van der Waals surface area contributed by atoms with Gasteiger partial charge in [-0.2, -0.15) is 15.0 Å². The molecule has 9 heteroatoms. The van der Waals surface area contributed by atoms with Crippen LogP contribution in [0.1, 0.15) is 24.4 Å². The van der Waals surface area contributed by atoms with Crippen LogP contribution in [0.25, 0.3) is 5.95 Å². The highest BCUT2D eigenvalue weighted by atomic mass is 16.2. The number of hydrogen-bond acceptors (Lipinski definition) is 6. The van der Waals surface area contributed by atoms with Crippen LogP contribution in [0.5, 0.6) is 0 Å². The molecule has 3 aromatic rings. The Kier molecular flexibility index (Phi) is 4.62. The predicted octanol–water partition coefficient (Wildman–Crippen LogP) is 1.81. The van der Waals surface area contributed by atoms with Crippen LogP contribution in [-0.4, -0.2) is 30.8 Å². The first-order valence-electron chi connectivity index (χ1n) is 7.42. The summed E-state index contributed by atoms with van der Waals surface area (Å²) < 4.78 is 1.46. The third kappa shape index (κ3) is 3.76. The number of anilines is 1. The summed E-state index contributed by atoms with van der Waals surface area (Å²) in [6, 6.07) is 9.46. The van der Waals surface area contributed by atoms with Crippen LogP contribution in [0.4, 0.5) is 10.5 Å². The molecule has 0 aliphatic carbocycles. The van der Waals surface area contributed by atoms with E-state index in [-0.39, 0.29) is 0 Å². The van der Waals surface area contributed by atoms with E-state index < -0.39 is 12.1 Å². The van der Waals surface area contributed by atoms with Crippen LogP contribution >= 0.6 is 0 Å². The molecule has 9 nitrogen and oxygen atoms in total. The van der Waals surface area contributed by atoms with Gasteiger partial charge < -0.3 is 10.6 Å². The molecule has 2 N–H and O–H groups in total. The minimum absolute atomic E-state index is 0.371. The summed E-state index contributed by atoms with van der Waals surface area (Å²) in [5, 5.41) is 18.3. The maximum absolute atomic E-state index is 12.1. The Bertz CT molecular complexity index is 898. The zero-order valence-electron chi connectivity index (χ0n) is 13.3. The highest BCUT2D eigenvalue weighted by Gasteiger charge is 2.17. The minimum atomic E-state index is -0.426. The molecule has 2 amide bonds. The Labute approximate surface area is 143 Å². The van der Waals surface area contributed by atoms with Gasteiger partial charge in [0.15, 0.2) is 5.82 Å². The van der Waals surface area contributed by atoms with Crippen molar-refractivity contribution in [2.45, 2.75) is 13.0 Å². The van der Waals surface area contributed by atoms with Gasteiger partial charge in [0.2, 0.25) is 0 Å². The molecule has 2 aromatic heterocycles. The largest absolute Gasteiger partial charge is 0.328 e. The van der Waals surface area contributed by atoms with Gasteiger partial charge in [-0.1, -0.05) is 0 Å². The van der Waals surface area contributed by atoms with Gasteiger partial charge in [-0.05, 0) is 37.3 Å². The normalized spacial score (nSPS) is 11.4. The second-order valence-corrected chi connectivity index (χ2v) is 5.09. The van der Waals surface area contributed by atoms with Crippen LogP contribution < -0.4 is 10.6 Å². The lowest BCUT2D eigenvalue weighted by atomic mass is 10.2. The van der Waals surface area contributed by atoms with Gasteiger partial charge >= 0.3 is 6.03 Å². The third-order valence-corrected chi connectivity index (χ3v) is 3.32. The highest BCUT2D eigenvalue weighted by Crippen LogP contribution is 2.13. The molecule has 1 atom stereocenters. The van der Waals surface area contributed by atoms with Gasteiger partial charge in [-0.15, -0.1) is 0 Å². The average molecular weight is 334 g/mol. The van der Waals surface area contributed by atoms with Gasteiger partial charge in [0.1, 0.15) is 6.33 Å². The van der Waals surface area contributed by atoms with Crippen molar-refractivity contribution in [3.63, 3.8) is 0 Å². The van der Waals surface area contributed by atoms with Crippen molar-refractivity contribution in [3.05, 3.63) is 60.4 Å². The Morgan fingerprint density at radius 2 is 1.92 bits per heavy atom. The Morgan fingerprint density at radius 1 is 1.20 bits per heavy atom. The number of nitrogens with one attached hydrogen (secondary N) is 2. The number of hydrogen-bond donors (Lipinski definition) is 2. The first kappa shape index (κ1) is 16.1. The summed E-state index contributed by atoms with van der Waals surface area (Å²) in [7, 11) is 0. The van der Waals surface area contributed by atoms with E-state index in [1.807, 2.05) is 6.07 Å². The molecule has 0 bridgehead atoms. The quantitative estimate of drug-likeness (QED) is 0.750. The molecule has 1 aromatic carbocycles. The fraction of sp³-hybridized carbons (Fsp3) is 0.125. The molecule has 0 radical (unpaired) electrons. The van der Waals surface area contributed by atoms with Crippen LogP contribution in [0.15, 0.2) is 49.1 Å². The number of carbonyl (C=O) groups excluding carboxylic acids is 1. The molecule has 0 aliphatic heterocycles. The second kappa shape index (κ2) is 7.18. The number of benzene rings is 1. The SMILES string of the molecule is CC(NC(=O)Nc1ccc(C#N)cc1)c1ncnn1-c1ncccn1. The van der Waals surface area contributed by atoms with E-state index in [2.05, 4.69) is 30.7 Å². The number of amides is 2. The molecule has 0 saturated carbocycles. The summed E-state index contributed by atoms with van der Waals surface area (Å²) in [4.78, 5) is 24.6. The molecule has 1 unspecified atom stereocenters. The van der Waals surface area contributed by atoms with E-state index >= 15 is 0 Å². The number of rotatable bonds is 4. The maximum atomic E-state index is 12.1. The van der Waals surface area contributed by atoms with Crippen molar-refractivity contribution in [3.8, 4) is 12.0 Å². The first-order chi connectivity index (χ1) is 12.2. The molecular formula is C16H14N8O. The number of carbonyl (C=O) groups is 1. The zero-order valence-corrected chi connectivity index (χ0v) is 13.3. The van der Waals surface area contributed by atoms with Crippen molar-refractivity contribution < 1.29 is 4.79 Å². The average Bonchev–Trinajstić information content (AvgIpc) is 3.13. The summed E-state index contributed by atoms with van der Waals surface area (Å²) >= 11 is 0. The molecule has 25 heavy (non-hydrogen) atoms. The fourth-order valence-corrected chi connectivity index (χ4v) is 2.16. The minimum Gasteiger partial charge on any atom is -0.328 e. The molecular weight excluding hydrogens is 320 g/mol. The number of urea groups is 1. The number of nitriles is 1. The molecule has 0 aliphatic rings. The van der Waals surface area contributed by atoms with Gasteiger partial charge in [0.05, 0.1) is 17.7 Å². The zero-order chi connectivity index (χ0) is 17.6. The first-order valence-corrected chi connectivity index (χ1v) is 7.42. The topological polar surface area (TPSA) is 121 Å². The van der Waals surface area contributed by atoms with Gasteiger partial charge in [-0.3, -0.25) is 0 Å². The highest BCUT2D eigenvalue weighted by molar-refractivity contribution is 5.89. The van der Waals surface area contributed by atoms with E-state index in [1.54, 1.807) is 49.6 Å².